The maximum Gasteiger partial charge on any atom is 0.334 e. The molecule has 0 aliphatic heterocycles. The topological polar surface area (TPSA) is 27.7 Å². The maximum atomic E-state index is 8.19. The van der Waals surface area contributed by atoms with E-state index in [1.54, 1.807) is 0 Å². The van der Waals surface area contributed by atoms with Crippen LogP contribution >= 0.6 is 8.60 Å². The standard InChI is InChI=1S/C69H117O3P/c1-28-34-37-49(31-4)61(52-40-46(7)55(64(10,11)12)43-58(52)67(19,20)21)70-73(71-62(50(32-5)38-35-29-2)53-41-47(8)56(65(13,14)15)44-59(53)68(22,23)24)72-63(51(33-6)39-36-30-3)54-42-48(9)57(66(16,17)18)45-60(54)69(25,26)27/h40-45,49-51,61-63H,28-39H2,1-27H3. The fourth-order valence-electron chi connectivity index (χ4n) is 11.9. The third-order valence-corrected chi connectivity index (χ3v) is 17.4. The molecule has 0 saturated heterocycles. The maximum absolute atomic E-state index is 8.19. The van der Waals surface area contributed by atoms with Crippen molar-refractivity contribution in [3.8, 4) is 0 Å². The van der Waals surface area contributed by atoms with Gasteiger partial charge in [-0.05, 0) is 157 Å². The second kappa shape index (κ2) is 26.5. The number of rotatable bonds is 24. The zero-order valence-electron chi connectivity index (χ0n) is 53.1. The third-order valence-electron chi connectivity index (χ3n) is 16.2. The smallest absolute Gasteiger partial charge is 0.304 e. The van der Waals surface area contributed by atoms with Crippen molar-refractivity contribution in [2.75, 3.05) is 0 Å². The van der Waals surface area contributed by atoms with Gasteiger partial charge < -0.3 is 13.6 Å². The fraction of sp³-hybridized carbons (Fsp3) is 0.739. The van der Waals surface area contributed by atoms with Gasteiger partial charge in [0.25, 0.3) is 0 Å². The zero-order chi connectivity index (χ0) is 55.8. The zero-order valence-corrected chi connectivity index (χ0v) is 54.0. The van der Waals surface area contributed by atoms with Gasteiger partial charge in [0.05, 0.1) is 18.3 Å². The van der Waals surface area contributed by atoms with Crippen LogP contribution in [0.2, 0.25) is 0 Å². The van der Waals surface area contributed by atoms with Crippen LogP contribution in [0, 0.1) is 38.5 Å². The molecular weight excluding hydrogens is 908 g/mol. The first-order valence-corrected chi connectivity index (χ1v) is 30.9. The molecule has 4 heteroatoms. The number of benzene rings is 3. The number of hydrogen-bond acceptors (Lipinski definition) is 3. The Hall–Kier alpha value is -2.03. The van der Waals surface area contributed by atoms with Crippen molar-refractivity contribution in [3.63, 3.8) is 0 Å². The molecule has 3 aromatic rings. The van der Waals surface area contributed by atoms with Crippen LogP contribution in [0.4, 0.5) is 0 Å². The highest BCUT2D eigenvalue weighted by Crippen LogP contribution is 2.59. The van der Waals surface area contributed by atoms with Gasteiger partial charge in [-0.25, -0.2) is 0 Å². The summed E-state index contributed by atoms with van der Waals surface area (Å²) in [5, 5.41) is 0. The van der Waals surface area contributed by atoms with Crippen molar-refractivity contribution in [1.82, 2.24) is 0 Å². The highest BCUT2D eigenvalue weighted by atomic mass is 31.2. The van der Waals surface area contributed by atoms with Crippen LogP contribution in [0.25, 0.3) is 0 Å². The summed E-state index contributed by atoms with van der Waals surface area (Å²) in [6.07, 6.45) is 12.5. The number of hydrogen-bond donors (Lipinski definition) is 0. The van der Waals surface area contributed by atoms with Crippen LogP contribution < -0.4 is 0 Å². The first kappa shape index (κ1) is 65.3. The van der Waals surface area contributed by atoms with Crippen LogP contribution in [0.5, 0.6) is 0 Å². The molecule has 0 saturated carbocycles. The molecule has 0 aliphatic rings. The van der Waals surface area contributed by atoms with E-state index in [0.29, 0.717) is 0 Å². The Morgan fingerprint density at radius 1 is 0.329 bits per heavy atom. The number of unbranched alkanes of at least 4 members (excludes halogenated alkanes) is 3. The van der Waals surface area contributed by atoms with Gasteiger partial charge in [-0.15, -0.1) is 0 Å². The molecule has 6 unspecified atom stereocenters. The van der Waals surface area contributed by atoms with Crippen molar-refractivity contribution in [2.45, 2.75) is 315 Å². The first-order chi connectivity index (χ1) is 33.5. The molecular formula is C69H117O3P. The summed E-state index contributed by atoms with van der Waals surface area (Å²) in [6, 6.07) is 15.2. The van der Waals surface area contributed by atoms with Crippen LogP contribution in [0.3, 0.4) is 0 Å². The van der Waals surface area contributed by atoms with E-state index in [1.165, 1.54) is 66.8 Å². The molecule has 0 aromatic heterocycles. The molecule has 3 aromatic carbocycles. The largest absolute Gasteiger partial charge is 0.334 e. The lowest BCUT2D eigenvalue weighted by Crippen LogP contribution is -2.27. The Morgan fingerprint density at radius 2 is 0.534 bits per heavy atom. The van der Waals surface area contributed by atoms with Crippen LogP contribution in [-0.2, 0) is 46.1 Å². The highest BCUT2D eigenvalue weighted by Gasteiger charge is 2.41. The average molecular weight is 1030 g/mol. The van der Waals surface area contributed by atoms with Gasteiger partial charge >= 0.3 is 8.60 Å². The molecule has 0 amide bonds. The second-order valence-corrected chi connectivity index (χ2v) is 30.1. The monoisotopic (exact) mass is 1020 g/mol. The lowest BCUT2D eigenvalue weighted by atomic mass is 9.74. The lowest BCUT2D eigenvalue weighted by Gasteiger charge is -2.40. The predicted molar refractivity (Wildman–Crippen MR) is 324 cm³/mol. The van der Waals surface area contributed by atoms with Crippen molar-refractivity contribution < 1.29 is 13.6 Å². The molecule has 0 N–H and O–H groups in total. The molecule has 0 radical (unpaired) electrons. The molecule has 0 heterocycles. The summed E-state index contributed by atoms with van der Waals surface area (Å²) in [7, 11) is -1.97. The van der Waals surface area contributed by atoms with E-state index < -0.39 is 8.60 Å². The summed E-state index contributed by atoms with van der Waals surface area (Å²) >= 11 is 0. The van der Waals surface area contributed by atoms with Crippen LogP contribution in [0.1, 0.15) is 328 Å². The summed E-state index contributed by atoms with van der Waals surface area (Å²) in [6.45, 7) is 64.0. The number of aryl methyl sites for hydroxylation is 3. The van der Waals surface area contributed by atoms with Crippen molar-refractivity contribution in [1.29, 1.82) is 0 Å². The van der Waals surface area contributed by atoms with Gasteiger partial charge in [-0.2, -0.15) is 0 Å². The summed E-state index contributed by atoms with van der Waals surface area (Å²) in [5.74, 6) is 0.822. The summed E-state index contributed by atoms with van der Waals surface area (Å²) < 4.78 is 24.6. The molecule has 3 rings (SSSR count). The SMILES string of the molecule is CCCCC(CC)C(OP(OC(c1cc(C)c(C(C)(C)C)cc1C(C)(C)C)C(CC)CCCC)OC(c1cc(C)c(C(C)(C)C)cc1C(C)(C)C)C(CC)CCCC)c1cc(C)c(C(C)(C)C)cc1C(C)(C)C. The van der Waals surface area contributed by atoms with E-state index in [-0.39, 0.29) is 68.6 Å². The Balaban J connectivity index is 2.72. The van der Waals surface area contributed by atoms with Gasteiger partial charge in [0.2, 0.25) is 0 Å². The van der Waals surface area contributed by atoms with E-state index in [9.17, 15) is 0 Å². The molecule has 3 nitrogen and oxygen atoms in total. The Labute approximate surface area is 455 Å². The lowest BCUT2D eigenvalue weighted by molar-refractivity contribution is 0.00860. The third kappa shape index (κ3) is 17.5. The summed E-state index contributed by atoms with van der Waals surface area (Å²) in [5.41, 5.74) is 15.9. The summed E-state index contributed by atoms with van der Waals surface area (Å²) in [4.78, 5) is 0. The minimum Gasteiger partial charge on any atom is -0.304 e. The van der Waals surface area contributed by atoms with Gasteiger partial charge in [-0.3, -0.25) is 0 Å². The molecule has 416 valence electrons. The second-order valence-electron chi connectivity index (χ2n) is 29.0. The van der Waals surface area contributed by atoms with Crippen molar-refractivity contribution >= 4 is 8.60 Å². The normalized spacial score (nSPS) is 16.3. The van der Waals surface area contributed by atoms with E-state index in [0.717, 1.165) is 77.0 Å². The van der Waals surface area contributed by atoms with E-state index >= 15 is 0 Å². The minimum absolute atomic E-state index is 0.00277. The van der Waals surface area contributed by atoms with Crippen LogP contribution in [0.15, 0.2) is 36.4 Å². The van der Waals surface area contributed by atoms with Gasteiger partial charge in [-0.1, -0.05) is 260 Å². The van der Waals surface area contributed by atoms with E-state index in [4.69, 9.17) is 13.6 Å². The molecule has 0 spiro atoms. The fourth-order valence-corrected chi connectivity index (χ4v) is 13.5. The Bertz CT molecular complexity index is 1920. The van der Waals surface area contributed by atoms with Gasteiger partial charge in [0, 0.05) is 0 Å². The van der Waals surface area contributed by atoms with E-state index in [2.05, 4.69) is 223 Å². The van der Waals surface area contributed by atoms with Crippen molar-refractivity contribution in [2.24, 2.45) is 17.8 Å². The average Bonchev–Trinajstić information content (AvgIpc) is 3.25. The predicted octanol–water partition coefficient (Wildman–Crippen LogP) is 22.8. The quantitative estimate of drug-likeness (QED) is 0.0837. The molecule has 6 atom stereocenters. The molecule has 0 bridgehead atoms. The molecule has 0 aliphatic carbocycles. The molecule has 0 fully saturated rings. The van der Waals surface area contributed by atoms with Crippen molar-refractivity contribution in [3.05, 3.63) is 103 Å². The Kier molecular flexibility index (Phi) is 23.7. The van der Waals surface area contributed by atoms with E-state index in [1.807, 2.05) is 0 Å². The molecule has 73 heavy (non-hydrogen) atoms. The van der Waals surface area contributed by atoms with Crippen LogP contribution in [-0.4, -0.2) is 0 Å². The minimum atomic E-state index is -1.97. The first-order valence-electron chi connectivity index (χ1n) is 29.8. The van der Waals surface area contributed by atoms with Gasteiger partial charge in [0.1, 0.15) is 0 Å². The highest BCUT2D eigenvalue weighted by molar-refractivity contribution is 7.41. The Morgan fingerprint density at radius 3 is 0.699 bits per heavy atom. The van der Waals surface area contributed by atoms with Gasteiger partial charge in [0.15, 0.2) is 0 Å².